The van der Waals surface area contributed by atoms with E-state index in [9.17, 15) is 0 Å². The Morgan fingerprint density at radius 1 is 1.33 bits per heavy atom. The van der Waals surface area contributed by atoms with Gasteiger partial charge in [0.1, 0.15) is 11.3 Å². The predicted octanol–water partition coefficient (Wildman–Crippen LogP) is 3.70. The Balaban J connectivity index is 2.06. The SMILES string of the molecule is CSCCCCCn1c(CCl)nc2cccnc21. The Hall–Kier alpha value is -0.740. The lowest BCUT2D eigenvalue weighted by molar-refractivity contribution is 0.599. The van der Waals surface area contributed by atoms with Gasteiger partial charge in [0.05, 0.1) is 5.88 Å². The molecule has 0 aliphatic heterocycles. The molecule has 0 fully saturated rings. The summed E-state index contributed by atoms with van der Waals surface area (Å²) < 4.78 is 2.15. The minimum atomic E-state index is 0.446. The van der Waals surface area contributed by atoms with Gasteiger partial charge < -0.3 is 4.57 Å². The number of nitrogens with zero attached hydrogens (tertiary/aromatic N) is 3. The molecule has 2 aromatic heterocycles. The van der Waals surface area contributed by atoms with Crippen LogP contribution >= 0.6 is 23.4 Å². The lowest BCUT2D eigenvalue weighted by Gasteiger charge is -2.06. The molecule has 18 heavy (non-hydrogen) atoms. The molecule has 0 radical (unpaired) electrons. The van der Waals surface area contributed by atoms with Gasteiger partial charge in [-0.1, -0.05) is 6.42 Å². The molecule has 2 heterocycles. The van der Waals surface area contributed by atoms with Gasteiger partial charge in [0.2, 0.25) is 0 Å². The molecule has 0 atom stereocenters. The highest BCUT2D eigenvalue weighted by Crippen LogP contribution is 2.16. The average molecular weight is 284 g/mol. The van der Waals surface area contributed by atoms with Gasteiger partial charge in [-0.15, -0.1) is 11.6 Å². The number of imidazole rings is 1. The summed E-state index contributed by atoms with van der Waals surface area (Å²) in [6.45, 7) is 0.962. The van der Waals surface area contributed by atoms with Crippen LogP contribution in [0.4, 0.5) is 0 Å². The van der Waals surface area contributed by atoms with Crippen molar-refractivity contribution in [1.82, 2.24) is 14.5 Å². The highest BCUT2D eigenvalue weighted by Gasteiger charge is 2.09. The van der Waals surface area contributed by atoms with E-state index in [1.807, 2.05) is 30.1 Å². The van der Waals surface area contributed by atoms with Crippen LogP contribution in [-0.2, 0) is 12.4 Å². The summed E-state index contributed by atoms with van der Waals surface area (Å²) in [5.74, 6) is 2.61. The van der Waals surface area contributed by atoms with E-state index < -0.39 is 0 Å². The molecule has 0 saturated heterocycles. The average Bonchev–Trinajstić information content (AvgIpc) is 2.77. The first-order valence-corrected chi connectivity index (χ1v) is 8.14. The van der Waals surface area contributed by atoms with Crippen LogP contribution in [0.25, 0.3) is 11.2 Å². The number of hydrogen-bond donors (Lipinski definition) is 0. The molecule has 0 bridgehead atoms. The van der Waals surface area contributed by atoms with Crippen LogP contribution < -0.4 is 0 Å². The zero-order valence-electron chi connectivity index (χ0n) is 10.6. The van der Waals surface area contributed by atoms with Gasteiger partial charge in [-0.05, 0) is 37.0 Å². The fraction of sp³-hybridized carbons (Fsp3) is 0.538. The van der Waals surface area contributed by atoms with Crippen LogP contribution in [-0.4, -0.2) is 26.5 Å². The molecule has 5 heteroatoms. The first-order valence-electron chi connectivity index (χ1n) is 6.22. The monoisotopic (exact) mass is 283 g/mol. The van der Waals surface area contributed by atoms with E-state index in [-0.39, 0.29) is 0 Å². The van der Waals surface area contributed by atoms with Crippen LogP contribution in [0.5, 0.6) is 0 Å². The lowest BCUT2D eigenvalue weighted by atomic mass is 10.2. The van der Waals surface area contributed by atoms with Crippen molar-refractivity contribution in [3.63, 3.8) is 0 Å². The van der Waals surface area contributed by atoms with Crippen molar-refractivity contribution in [2.45, 2.75) is 31.7 Å². The Bertz CT molecular complexity index is 498. The number of thioether (sulfide) groups is 1. The summed E-state index contributed by atoms with van der Waals surface area (Å²) in [7, 11) is 0. The fourth-order valence-corrected chi connectivity index (χ4v) is 2.73. The maximum absolute atomic E-state index is 5.95. The third-order valence-corrected chi connectivity index (χ3v) is 3.87. The van der Waals surface area contributed by atoms with Crippen molar-refractivity contribution in [2.24, 2.45) is 0 Å². The van der Waals surface area contributed by atoms with Crippen molar-refractivity contribution in [1.29, 1.82) is 0 Å². The molecule has 0 N–H and O–H groups in total. The molecule has 0 saturated carbocycles. The van der Waals surface area contributed by atoms with Crippen molar-refractivity contribution in [3.8, 4) is 0 Å². The normalized spacial score (nSPS) is 11.2. The van der Waals surface area contributed by atoms with E-state index in [2.05, 4.69) is 20.8 Å². The topological polar surface area (TPSA) is 30.7 Å². The van der Waals surface area contributed by atoms with Crippen molar-refractivity contribution >= 4 is 34.5 Å². The third-order valence-electron chi connectivity index (χ3n) is 2.93. The van der Waals surface area contributed by atoms with E-state index in [1.165, 1.54) is 18.6 Å². The Labute approximate surface area is 117 Å². The van der Waals surface area contributed by atoms with Crippen molar-refractivity contribution < 1.29 is 0 Å². The van der Waals surface area contributed by atoms with Gasteiger partial charge in [0.25, 0.3) is 0 Å². The predicted molar refractivity (Wildman–Crippen MR) is 79.3 cm³/mol. The maximum Gasteiger partial charge on any atom is 0.160 e. The largest absolute Gasteiger partial charge is 0.312 e. The number of alkyl halides is 1. The van der Waals surface area contributed by atoms with Crippen molar-refractivity contribution in [2.75, 3.05) is 12.0 Å². The summed E-state index contributed by atoms with van der Waals surface area (Å²) in [6, 6.07) is 3.90. The van der Waals surface area contributed by atoms with Crippen LogP contribution in [0.3, 0.4) is 0 Å². The number of aryl methyl sites for hydroxylation is 1. The highest BCUT2D eigenvalue weighted by molar-refractivity contribution is 7.98. The number of unbranched alkanes of at least 4 members (excludes halogenated alkanes) is 2. The third kappa shape index (κ3) is 3.18. The minimum Gasteiger partial charge on any atom is -0.312 e. The molecule has 0 aromatic carbocycles. The van der Waals surface area contributed by atoms with E-state index in [0.29, 0.717) is 5.88 Å². The molecule has 0 aliphatic carbocycles. The van der Waals surface area contributed by atoms with Gasteiger partial charge >= 0.3 is 0 Å². The summed E-state index contributed by atoms with van der Waals surface area (Å²) in [6.07, 6.45) is 7.64. The fourth-order valence-electron chi connectivity index (χ4n) is 2.04. The number of aromatic nitrogens is 3. The van der Waals surface area contributed by atoms with Gasteiger partial charge in [-0.2, -0.15) is 11.8 Å². The summed E-state index contributed by atoms with van der Waals surface area (Å²) >= 11 is 7.86. The molecule has 2 aromatic rings. The summed E-state index contributed by atoms with van der Waals surface area (Å²) in [4.78, 5) is 8.91. The molecule has 0 unspecified atom stereocenters. The Morgan fingerprint density at radius 3 is 3.00 bits per heavy atom. The molecule has 3 nitrogen and oxygen atoms in total. The minimum absolute atomic E-state index is 0.446. The smallest absolute Gasteiger partial charge is 0.160 e. The number of rotatable bonds is 7. The van der Waals surface area contributed by atoms with Crippen molar-refractivity contribution in [3.05, 3.63) is 24.2 Å². The second-order valence-electron chi connectivity index (χ2n) is 4.21. The van der Waals surface area contributed by atoms with Crippen LogP contribution in [0.1, 0.15) is 25.1 Å². The number of halogens is 1. The summed E-state index contributed by atoms with van der Waals surface area (Å²) in [5.41, 5.74) is 1.90. The van der Waals surface area contributed by atoms with Crippen LogP contribution in [0.15, 0.2) is 18.3 Å². The van der Waals surface area contributed by atoms with Gasteiger partial charge in [0.15, 0.2) is 5.65 Å². The number of hydrogen-bond acceptors (Lipinski definition) is 3. The molecule has 0 aliphatic rings. The first-order chi connectivity index (χ1) is 8.86. The lowest BCUT2D eigenvalue weighted by Crippen LogP contribution is -2.03. The molecule has 0 amide bonds. The molecular formula is C13H18ClN3S. The van der Waals surface area contributed by atoms with Gasteiger partial charge in [0, 0.05) is 12.7 Å². The van der Waals surface area contributed by atoms with E-state index in [1.54, 1.807) is 0 Å². The zero-order valence-corrected chi connectivity index (χ0v) is 12.2. The quantitative estimate of drug-likeness (QED) is 0.573. The first kappa shape index (κ1) is 13.7. The van der Waals surface area contributed by atoms with E-state index in [0.717, 1.165) is 30.0 Å². The Morgan fingerprint density at radius 2 is 2.22 bits per heavy atom. The summed E-state index contributed by atoms with van der Waals surface area (Å²) in [5, 5.41) is 0. The zero-order chi connectivity index (χ0) is 12.8. The maximum atomic E-state index is 5.95. The number of fused-ring (bicyclic) bond motifs is 1. The molecule has 0 spiro atoms. The second kappa shape index (κ2) is 7.00. The standard InChI is InChI=1S/C13H18ClN3S/c1-18-9-4-2-3-8-17-12(10-14)16-11-6-5-7-15-13(11)17/h5-7H,2-4,8-10H2,1H3. The van der Waals surface area contributed by atoms with Crippen LogP contribution in [0.2, 0.25) is 0 Å². The molecule has 98 valence electrons. The number of pyridine rings is 1. The van der Waals surface area contributed by atoms with Gasteiger partial charge in [-0.25, -0.2) is 9.97 Å². The molecule has 2 rings (SSSR count). The highest BCUT2D eigenvalue weighted by atomic mass is 35.5. The van der Waals surface area contributed by atoms with Gasteiger partial charge in [-0.3, -0.25) is 0 Å². The van der Waals surface area contributed by atoms with E-state index >= 15 is 0 Å². The second-order valence-corrected chi connectivity index (χ2v) is 5.47. The Kier molecular flexibility index (Phi) is 5.32. The van der Waals surface area contributed by atoms with E-state index in [4.69, 9.17) is 11.6 Å². The van der Waals surface area contributed by atoms with Crippen LogP contribution in [0, 0.1) is 0 Å². The molecular weight excluding hydrogens is 266 g/mol.